The minimum atomic E-state index is -0.260. The molecule has 1 atom stereocenters. The number of likely N-dealkylation sites (N-methyl/N-ethyl adjacent to an activating group) is 1. The molecule has 1 fully saturated rings. The predicted molar refractivity (Wildman–Crippen MR) is 92.6 cm³/mol. The van der Waals surface area contributed by atoms with Gasteiger partial charge in [0, 0.05) is 18.8 Å². The molecule has 0 aliphatic carbocycles. The molecule has 0 saturated carbocycles. The number of likely N-dealkylation sites (tertiary alicyclic amines) is 1. The van der Waals surface area contributed by atoms with E-state index in [1.807, 2.05) is 24.3 Å². The predicted octanol–water partition coefficient (Wildman–Crippen LogP) is 4.01. The van der Waals surface area contributed by atoms with Crippen LogP contribution < -0.4 is 0 Å². The summed E-state index contributed by atoms with van der Waals surface area (Å²) in [7, 11) is 2.13. The minimum Gasteiger partial charge on any atom is -0.508 e. The number of hydrogen-bond acceptors (Lipinski definition) is 3. The monoisotopic (exact) mass is 309 g/mol. The molecule has 0 bridgehead atoms. The average Bonchev–Trinajstić information content (AvgIpc) is 2.80. The van der Waals surface area contributed by atoms with Crippen LogP contribution >= 0.6 is 0 Å². The highest BCUT2D eigenvalue weighted by Crippen LogP contribution is 2.50. The summed E-state index contributed by atoms with van der Waals surface area (Å²) in [6.07, 6.45) is 3.13. The van der Waals surface area contributed by atoms with Crippen LogP contribution in [-0.2, 0) is 5.41 Å². The first-order chi connectivity index (χ1) is 11.0. The van der Waals surface area contributed by atoms with Crippen LogP contribution in [0.4, 0.5) is 0 Å². The van der Waals surface area contributed by atoms with Crippen LogP contribution in [-0.4, -0.2) is 28.2 Å². The molecule has 23 heavy (non-hydrogen) atoms. The molecule has 0 aromatic heterocycles. The molecule has 1 aliphatic rings. The molecule has 2 N–H and O–H groups in total. The lowest BCUT2D eigenvalue weighted by Gasteiger charge is -2.33. The van der Waals surface area contributed by atoms with Gasteiger partial charge in [-0.1, -0.05) is 30.3 Å². The van der Waals surface area contributed by atoms with Gasteiger partial charge in [-0.2, -0.15) is 0 Å². The van der Waals surface area contributed by atoms with Gasteiger partial charge in [0.25, 0.3) is 0 Å². The van der Waals surface area contributed by atoms with E-state index in [1.165, 1.54) is 5.70 Å². The standard InChI is InChI=1S/C20H23NO2/c1-4-19-20(13-14(2)21(19)3,15-5-9-17(22)10-6-15)16-7-11-18(23)12-8-16/h4-12,14,22-23H,13H2,1-3H3. The Labute approximate surface area is 137 Å². The van der Waals surface area contributed by atoms with E-state index in [2.05, 4.69) is 31.9 Å². The van der Waals surface area contributed by atoms with Crippen LogP contribution in [0, 0.1) is 0 Å². The molecule has 2 aromatic rings. The van der Waals surface area contributed by atoms with Gasteiger partial charge in [0.1, 0.15) is 11.5 Å². The fraction of sp³-hybridized carbons (Fsp3) is 0.300. The highest BCUT2D eigenvalue weighted by atomic mass is 16.3. The quantitative estimate of drug-likeness (QED) is 0.881. The van der Waals surface area contributed by atoms with Crippen LogP contribution in [0.15, 0.2) is 60.3 Å². The molecule has 1 heterocycles. The Hall–Kier alpha value is -2.42. The number of nitrogens with zero attached hydrogens (tertiary/aromatic N) is 1. The van der Waals surface area contributed by atoms with Gasteiger partial charge in [0.15, 0.2) is 0 Å². The van der Waals surface area contributed by atoms with Crippen molar-refractivity contribution in [2.45, 2.75) is 31.7 Å². The summed E-state index contributed by atoms with van der Waals surface area (Å²) < 4.78 is 0. The zero-order chi connectivity index (χ0) is 16.6. The van der Waals surface area contributed by atoms with Gasteiger partial charge < -0.3 is 15.1 Å². The van der Waals surface area contributed by atoms with Crippen molar-refractivity contribution in [3.8, 4) is 11.5 Å². The second-order valence-corrected chi connectivity index (χ2v) is 6.34. The third kappa shape index (κ3) is 2.37. The highest BCUT2D eigenvalue weighted by Gasteiger charge is 2.47. The topological polar surface area (TPSA) is 43.7 Å². The van der Waals surface area contributed by atoms with Crippen LogP contribution in [0.2, 0.25) is 0 Å². The number of aromatic hydroxyl groups is 2. The van der Waals surface area contributed by atoms with Crippen LogP contribution in [0.5, 0.6) is 11.5 Å². The lowest BCUT2D eigenvalue weighted by atomic mass is 9.70. The van der Waals surface area contributed by atoms with Crippen molar-refractivity contribution in [3.05, 3.63) is 71.4 Å². The van der Waals surface area contributed by atoms with Crippen molar-refractivity contribution in [1.82, 2.24) is 4.90 Å². The first-order valence-electron chi connectivity index (χ1n) is 7.97. The van der Waals surface area contributed by atoms with E-state index in [-0.39, 0.29) is 16.9 Å². The highest BCUT2D eigenvalue weighted by molar-refractivity contribution is 5.52. The number of benzene rings is 2. The summed E-state index contributed by atoms with van der Waals surface area (Å²) in [5.74, 6) is 0.548. The van der Waals surface area contributed by atoms with E-state index in [0.717, 1.165) is 17.5 Å². The van der Waals surface area contributed by atoms with Gasteiger partial charge in [0.05, 0.1) is 5.41 Å². The summed E-state index contributed by atoms with van der Waals surface area (Å²) in [6, 6.07) is 15.4. The molecular formula is C20H23NO2. The Morgan fingerprint density at radius 2 is 1.39 bits per heavy atom. The Balaban J connectivity index is 2.25. The summed E-state index contributed by atoms with van der Waals surface area (Å²) in [5.41, 5.74) is 3.31. The zero-order valence-electron chi connectivity index (χ0n) is 13.8. The molecule has 1 unspecified atom stereocenters. The summed E-state index contributed by atoms with van der Waals surface area (Å²) in [5, 5.41) is 19.3. The van der Waals surface area contributed by atoms with Crippen molar-refractivity contribution in [2.75, 3.05) is 7.05 Å². The Morgan fingerprint density at radius 1 is 0.957 bits per heavy atom. The van der Waals surface area contributed by atoms with E-state index in [1.54, 1.807) is 24.3 Å². The van der Waals surface area contributed by atoms with Crippen LogP contribution in [0.3, 0.4) is 0 Å². The maximum atomic E-state index is 9.66. The molecule has 2 aromatic carbocycles. The third-order valence-electron chi connectivity index (χ3n) is 5.07. The van der Waals surface area contributed by atoms with E-state index in [9.17, 15) is 10.2 Å². The summed E-state index contributed by atoms with van der Waals surface area (Å²) in [4.78, 5) is 2.32. The number of allylic oxidation sites excluding steroid dienone is 2. The number of rotatable bonds is 2. The first kappa shape index (κ1) is 15.5. The number of phenolic OH excluding ortho intramolecular Hbond substituents is 2. The fourth-order valence-corrected chi connectivity index (χ4v) is 3.86. The van der Waals surface area contributed by atoms with Gasteiger partial charge in [-0.15, -0.1) is 0 Å². The number of phenols is 2. The van der Waals surface area contributed by atoms with Crippen LogP contribution in [0.1, 0.15) is 31.4 Å². The molecule has 120 valence electrons. The molecule has 0 spiro atoms. The molecule has 3 nitrogen and oxygen atoms in total. The average molecular weight is 309 g/mol. The Bertz CT molecular complexity index is 671. The largest absolute Gasteiger partial charge is 0.508 e. The molecule has 0 radical (unpaired) electrons. The smallest absolute Gasteiger partial charge is 0.115 e. The van der Waals surface area contributed by atoms with Crippen molar-refractivity contribution in [3.63, 3.8) is 0 Å². The first-order valence-corrected chi connectivity index (χ1v) is 7.97. The van der Waals surface area contributed by atoms with Gasteiger partial charge in [-0.05, 0) is 55.7 Å². The van der Waals surface area contributed by atoms with Gasteiger partial charge in [-0.3, -0.25) is 0 Å². The molecule has 3 rings (SSSR count). The molecule has 3 heteroatoms. The van der Waals surface area contributed by atoms with Gasteiger partial charge >= 0.3 is 0 Å². The molecule has 1 aliphatic heterocycles. The van der Waals surface area contributed by atoms with E-state index in [4.69, 9.17) is 0 Å². The van der Waals surface area contributed by atoms with Crippen molar-refractivity contribution in [2.24, 2.45) is 0 Å². The maximum absolute atomic E-state index is 9.66. The molecule has 0 amide bonds. The van der Waals surface area contributed by atoms with Gasteiger partial charge in [-0.25, -0.2) is 0 Å². The Morgan fingerprint density at radius 3 is 1.78 bits per heavy atom. The molecular weight excluding hydrogens is 286 g/mol. The van der Waals surface area contributed by atoms with Crippen molar-refractivity contribution >= 4 is 0 Å². The van der Waals surface area contributed by atoms with E-state index >= 15 is 0 Å². The summed E-state index contributed by atoms with van der Waals surface area (Å²) >= 11 is 0. The Kier molecular flexibility index (Phi) is 3.80. The summed E-state index contributed by atoms with van der Waals surface area (Å²) in [6.45, 7) is 4.30. The van der Waals surface area contributed by atoms with Crippen molar-refractivity contribution in [1.29, 1.82) is 0 Å². The lowest BCUT2D eigenvalue weighted by Crippen LogP contribution is -2.29. The van der Waals surface area contributed by atoms with Gasteiger partial charge in [0.2, 0.25) is 0 Å². The van der Waals surface area contributed by atoms with Crippen molar-refractivity contribution < 1.29 is 10.2 Å². The normalized spacial score (nSPS) is 21.8. The maximum Gasteiger partial charge on any atom is 0.115 e. The van der Waals surface area contributed by atoms with E-state index < -0.39 is 0 Å². The lowest BCUT2D eigenvalue weighted by molar-refractivity contribution is 0.375. The zero-order valence-corrected chi connectivity index (χ0v) is 13.8. The molecule has 1 saturated heterocycles. The fourth-order valence-electron chi connectivity index (χ4n) is 3.86. The third-order valence-corrected chi connectivity index (χ3v) is 5.07. The van der Waals surface area contributed by atoms with Crippen LogP contribution in [0.25, 0.3) is 0 Å². The second kappa shape index (κ2) is 5.65. The van der Waals surface area contributed by atoms with E-state index in [0.29, 0.717) is 6.04 Å². The second-order valence-electron chi connectivity index (χ2n) is 6.34. The SMILES string of the molecule is CC=C1N(C)C(C)CC1(c1ccc(O)cc1)c1ccc(O)cc1. The minimum absolute atomic E-state index is 0.260. The number of hydrogen-bond donors (Lipinski definition) is 2.